The highest BCUT2D eigenvalue weighted by molar-refractivity contribution is 5.48. The van der Waals surface area contributed by atoms with E-state index in [1.165, 1.54) is 12.1 Å². The lowest BCUT2D eigenvalue weighted by Crippen LogP contribution is -2.43. The van der Waals surface area contributed by atoms with Crippen molar-refractivity contribution in [2.75, 3.05) is 32.2 Å². The lowest BCUT2D eigenvalue weighted by atomic mass is 9.69. The lowest BCUT2D eigenvalue weighted by molar-refractivity contribution is 0.0524. The maximum Gasteiger partial charge on any atom is 0.119 e. The van der Waals surface area contributed by atoms with Crippen molar-refractivity contribution in [2.45, 2.75) is 19.3 Å². The van der Waals surface area contributed by atoms with Crippen molar-refractivity contribution < 1.29 is 9.84 Å². The van der Waals surface area contributed by atoms with Gasteiger partial charge in [-0.05, 0) is 37.1 Å². The summed E-state index contributed by atoms with van der Waals surface area (Å²) in [4.78, 5) is 2.22. The molecule has 2 rings (SSSR count). The van der Waals surface area contributed by atoms with Gasteiger partial charge in [-0.25, -0.2) is 0 Å². The number of anilines is 1. The first kappa shape index (κ1) is 12.2. The average Bonchev–Trinajstić information content (AvgIpc) is 2.33. The summed E-state index contributed by atoms with van der Waals surface area (Å²) in [6.07, 6.45) is 3.53. The molecule has 1 fully saturated rings. The fraction of sp³-hybridized carbons (Fsp3) is 0.571. The highest BCUT2D eigenvalue weighted by atomic mass is 16.5. The molecule has 1 saturated carbocycles. The molecule has 1 aromatic rings. The molecule has 0 aliphatic heterocycles. The van der Waals surface area contributed by atoms with Gasteiger partial charge in [-0.2, -0.15) is 0 Å². The van der Waals surface area contributed by atoms with E-state index in [0.717, 1.165) is 25.1 Å². The molecule has 0 heterocycles. The van der Waals surface area contributed by atoms with Crippen LogP contribution >= 0.6 is 0 Å². The Hall–Kier alpha value is -1.22. The highest BCUT2D eigenvalue weighted by Gasteiger charge is 2.37. The summed E-state index contributed by atoms with van der Waals surface area (Å²) < 4.78 is 5.14. The third kappa shape index (κ3) is 2.55. The molecule has 0 unspecified atom stereocenters. The van der Waals surface area contributed by atoms with Crippen molar-refractivity contribution in [1.29, 1.82) is 0 Å². The van der Waals surface area contributed by atoms with Crippen molar-refractivity contribution in [3.8, 4) is 5.75 Å². The van der Waals surface area contributed by atoms with Crippen LogP contribution in [0.15, 0.2) is 24.3 Å². The number of hydrogen-bond donors (Lipinski definition) is 1. The summed E-state index contributed by atoms with van der Waals surface area (Å²) in [7, 11) is 3.76. The molecular weight excluding hydrogens is 214 g/mol. The van der Waals surface area contributed by atoms with E-state index in [9.17, 15) is 5.11 Å². The number of methoxy groups -OCH3 is 1. The highest BCUT2D eigenvalue weighted by Crippen LogP contribution is 2.41. The summed E-state index contributed by atoms with van der Waals surface area (Å²) in [6, 6.07) is 8.06. The molecule has 1 aliphatic carbocycles. The van der Waals surface area contributed by atoms with Gasteiger partial charge in [0.1, 0.15) is 5.75 Å². The fourth-order valence-corrected chi connectivity index (χ4v) is 2.47. The molecular formula is C14H21NO2. The molecule has 0 spiro atoms. The maximum atomic E-state index is 9.47. The Labute approximate surface area is 103 Å². The largest absolute Gasteiger partial charge is 0.497 e. The van der Waals surface area contributed by atoms with Crippen LogP contribution in [0.3, 0.4) is 0 Å². The molecule has 1 aromatic carbocycles. The van der Waals surface area contributed by atoms with Gasteiger partial charge in [-0.1, -0.05) is 6.42 Å². The predicted molar refractivity (Wildman–Crippen MR) is 69.6 cm³/mol. The van der Waals surface area contributed by atoms with Crippen molar-refractivity contribution >= 4 is 5.69 Å². The quantitative estimate of drug-likeness (QED) is 0.850. The zero-order valence-corrected chi connectivity index (χ0v) is 10.6. The van der Waals surface area contributed by atoms with Gasteiger partial charge in [-0.3, -0.25) is 0 Å². The van der Waals surface area contributed by atoms with Gasteiger partial charge in [-0.15, -0.1) is 0 Å². The van der Waals surface area contributed by atoms with Gasteiger partial charge in [0.15, 0.2) is 0 Å². The predicted octanol–water partition coefficient (Wildman–Crippen LogP) is 2.29. The molecule has 0 aromatic heterocycles. The van der Waals surface area contributed by atoms with Crippen LogP contribution in [0.25, 0.3) is 0 Å². The molecule has 0 atom stereocenters. The third-order valence-corrected chi connectivity index (χ3v) is 3.84. The van der Waals surface area contributed by atoms with Crippen LogP contribution in [-0.4, -0.2) is 32.4 Å². The van der Waals surface area contributed by atoms with E-state index in [1.807, 2.05) is 12.1 Å². The molecule has 0 saturated heterocycles. The van der Waals surface area contributed by atoms with E-state index in [1.54, 1.807) is 7.11 Å². The summed E-state index contributed by atoms with van der Waals surface area (Å²) in [6.45, 7) is 1.23. The van der Waals surface area contributed by atoms with Crippen molar-refractivity contribution in [1.82, 2.24) is 0 Å². The normalized spacial score (nSPS) is 17.4. The first-order chi connectivity index (χ1) is 8.19. The van der Waals surface area contributed by atoms with Gasteiger partial charge in [0.2, 0.25) is 0 Å². The zero-order chi connectivity index (χ0) is 12.3. The third-order valence-electron chi connectivity index (χ3n) is 3.84. The Morgan fingerprint density at radius 1 is 1.29 bits per heavy atom. The molecule has 17 heavy (non-hydrogen) atoms. The number of aliphatic hydroxyl groups is 1. The number of hydrogen-bond acceptors (Lipinski definition) is 3. The van der Waals surface area contributed by atoms with Gasteiger partial charge in [0, 0.05) is 24.7 Å². The first-order valence-electron chi connectivity index (χ1n) is 6.15. The number of nitrogens with zero attached hydrogens (tertiary/aromatic N) is 1. The monoisotopic (exact) mass is 235 g/mol. The average molecular weight is 235 g/mol. The molecule has 0 radical (unpaired) electrons. The Morgan fingerprint density at radius 3 is 2.35 bits per heavy atom. The Balaban J connectivity index is 2.01. The van der Waals surface area contributed by atoms with Gasteiger partial charge >= 0.3 is 0 Å². The second kappa shape index (κ2) is 4.96. The van der Waals surface area contributed by atoms with Crippen LogP contribution in [0.5, 0.6) is 5.75 Å². The van der Waals surface area contributed by atoms with E-state index in [4.69, 9.17) is 4.74 Å². The summed E-state index contributed by atoms with van der Waals surface area (Å²) in [5.41, 5.74) is 1.31. The Bertz CT molecular complexity index is 351. The number of ether oxygens (including phenoxy) is 1. The van der Waals surface area contributed by atoms with Crippen LogP contribution in [0, 0.1) is 5.41 Å². The second-order valence-electron chi connectivity index (χ2n) is 5.07. The van der Waals surface area contributed by atoms with E-state index in [2.05, 4.69) is 24.1 Å². The lowest BCUT2D eigenvalue weighted by Gasteiger charge is -2.43. The van der Waals surface area contributed by atoms with E-state index >= 15 is 0 Å². The van der Waals surface area contributed by atoms with Gasteiger partial charge in [0.05, 0.1) is 13.7 Å². The van der Waals surface area contributed by atoms with E-state index in [0.29, 0.717) is 6.61 Å². The number of aliphatic hydroxyl groups excluding tert-OH is 1. The van der Waals surface area contributed by atoms with Gasteiger partial charge < -0.3 is 14.7 Å². The smallest absolute Gasteiger partial charge is 0.119 e. The van der Waals surface area contributed by atoms with Crippen molar-refractivity contribution in [2.24, 2.45) is 5.41 Å². The number of rotatable bonds is 5. The van der Waals surface area contributed by atoms with Crippen LogP contribution in [0.1, 0.15) is 19.3 Å². The minimum absolute atomic E-state index is 0.134. The topological polar surface area (TPSA) is 32.7 Å². The molecule has 3 heteroatoms. The second-order valence-corrected chi connectivity index (χ2v) is 5.07. The first-order valence-corrected chi connectivity index (χ1v) is 6.15. The molecule has 0 bridgehead atoms. The Morgan fingerprint density at radius 2 is 1.94 bits per heavy atom. The maximum absolute atomic E-state index is 9.47. The van der Waals surface area contributed by atoms with Gasteiger partial charge in [0.25, 0.3) is 0 Å². The standard InChI is InChI=1S/C14H21NO2/c1-15(10-14(11-16)8-3-9-14)12-4-6-13(17-2)7-5-12/h4-7,16H,3,8-11H2,1-2H3. The minimum Gasteiger partial charge on any atom is -0.497 e. The van der Waals surface area contributed by atoms with E-state index in [-0.39, 0.29) is 5.41 Å². The summed E-state index contributed by atoms with van der Waals surface area (Å²) in [5, 5.41) is 9.47. The van der Waals surface area contributed by atoms with Crippen molar-refractivity contribution in [3.05, 3.63) is 24.3 Å². The SMILES string of the molecule is COc1ccc(N(C)CC2(CO)CCC2)cc1. The Kier molecular flexibility index (Phi) is 3.57. The molecule has 3 nitrogen and oxygen atoms in total. The zero-order valence-electron chi connectivity index (χ0n) is 10.6. The van der Waals surface area contributed by atoms with Crippen LogP contribution in [0.4, 0.5) is 5.69 Å². The van der Waals surface area contributed by atoms with Crippen LogP contribution in [0.2, 0.25) is 0 Å². The summed E-state index contributed by atoms with van der Waals surface area (Å²) in [5.74, 6) is 0.877. The molecule has 94 valence electrons. The fourth-order valence-electron chi connectivity index (χ4n) is 2.47. The van der Waals surface area contributed by atoms with E-state index < -0.39 is 0 Å². The summed E-state index contributed by atoms with van der Waals surface area (Å²) >= 11 is 0. The molecule has 1 N–H and O–H groups in total. The molecule has 1 aliphatic rings. The van der Waals surface area contributed by atoms with Crippen LogP contribution in [-0.2, 0) is 0 Å². The molecule has 0 amide bonds. The van der Waals surface area contributed by atoms with Crippen molar-refractivity contribution in [3.63, 3.8) is 0 Å². The van der Waals surface area contributed by atoms with Crippen LogP contribution < -0.4 is 9.64 Å². The minimum atomic E-state index is 0.134. The number of benzene rings is 1.